The SMILES string of the molecule is O=C(O)C[C@H](NC(=O)N1CCCCCC1CO)C(=O)O. The maximum atomic E-state index is 12.1. The number of nitrogens with zero attached hydrogens (tertiary/aromatic N) is 1. The van der Waals surface area contributed by atoms with Crippen LogP contribution in [0.4, 0.5) is 4.79 Å². The minimum absolute atomic E-state index is 0.190. The number of aliphatic carboxylic acids is 2. The number of aliphatic hydroxyl groups is 1. The number of aliphatic hydroxyl groups excluding tert-OH is 1. The molecule has 20 heavy (non-hydrogen) atoms. The fraction of sp³-hybridized carbons (Fsp3) is 0.750. The highest BCUT2D eigenvalue weighted by atomic mass is 16.4. The van der Waals surface area contributed by atoms with Crippen LogP contribution in [0.25, 0.3) is 0 Å². The number of carboxylic acid groups (broad SMARTS) is 2. The van der Waals surface area contributed by atoms with Crippen molar-refractivity contribution in [2.24, 2.45) is 0 Å². The Bertz CT molecular complexity index is 373. The van der Waals surface area contributed by atoms with Gasteiger partial charge in [-0.1, -0.05) is 12.8 Å². The van der Waals surface area contributed by atoms with Crippen molar-refractivity contribution in [3.05, 3.63) is 0 Å². The van der Waals surface area contributed by atoms with E-state index in [2.05, 4.69) is 5.32 Å². The number of urea groups is 1. The summed E-state index contributed by atoms with van der Waals surface area (Å²) in [4.78, 5) is 35.0. The van der Waals surface area contributed by atoms with Gasteiger partial charge in [-0.05, 0) is 12.8 Å². The zero-order valence-corrected chi connectivity index (χ0v) is 11.1. The summed E-state index contributed by atoms with van der Waals surface area (Å²) in [6, 6.07) is -2.46. The Morgan fingerprint density at radius 3 is 2.45 bits per heavy atom. The van der Waals surface area contributed by atoms with E-state index >= 15 is 0 Å². The first kappa shape index (κ1) is 16.2. The molecule has 8 nitrogen and oxygen atoms in total. The van der Waals surface area contributed by atoms with Crippen molar-refractivity contribution in [3.63, 3.8) is 0 Å². The van der Waals surface area contributed by atoms with Gasteiger partial charge in [-0.15, -0.1) is 0 Å². The van der Waals surface area contributed by atoms with Crippen LogP contribution < -0.4 is 5.32 Å². The summed E-state index contributed by atoms with van der Waals surface area (Å²) in [5.74, 6) is -2.69. The molecule has 0 bridgehead atoms. The van der Waals surface area contributed by atoms with Crippen LogP contribution in [0.5, 0.6) is 0 Å². The van der Waals surface area contributed by atoms with Crippen LogP contribution in [0.1, 0.15) is 32.1 Å². The van der Waals surface area contributed by atoms with Gasteiger partial charge in [0.1, 0.15) is 6.04 Å². The second kappa shape index (κ2) is 7.68. The molecule has 1 aliphatic rings. The highest BCUT2D eigenvalue weighted by Crippen LogP contribution is 2.16. The molecule has 0 spiro atoms. The van der Waals surface area contributed by atoms with E-state index < -0.39 is 30.4 Å². The van der Waals surface area contributed by atoms with E-state index in [-0.39, 0.29) is 12.6 Å². The summed E-state index contributed by atoms with van der Waals surface area (Å²) < 4.78 is 0. The average Bonchev–Trinajstić information content (AvgIpc) is 2.62. The van der Waals surface area contributed by atoms with Crippen molar-refractivity contribution >= 4 is 18.0 Å². The van der Waals surface area contributed by atoms with Gasteiger partial charge >= 0.3 is 18.0 Å². The van der Waals surface area contributed by atoms with E-state index in [0.717, 1.165) is 19.3 Å². The topological polar surface area (TPSA) is 127 Å². The fourth-order valence-electron chi connectivity index (χ4n) is 2.24. The van der Waals surface area contributed by atoms with Gasteiger partial charge in [0.2, 0.25) is 0 Å². The summed E-state index contributed by atoms with van der Waals surface area (Å²) in [6.07, 6.45) is 2.59. The fourth-order valence-corrected chi connectivity index (χ4v) is 2.24. The molecule has 4 N–H and O–H groups in total. The first-order chi connectivity index (χ1) is 9.45. The predicted molar refractivity (Wildman–Crippen MR) is 68.3 cm³/mol. The van der Waals surface area contributed by atoms with E-state index in [4.69, 9.17) is 10.2 Å². The van der Waals surface area contributed by atoms with Crippen molar-refractivity contribution in [3.8, 4) is 0 Å². The summed E-state index contributed by atoms with van der Waals surface area (Å²) >= 11 is 0. The Morgan fingerprint density at radius 1 is 1.20 bits per heavy atom. The summed E-state index contributed by atoms with van der Waals surface area (Å²) in [7, 11) is 0. The van der Waals surface area contributed by atoms with Crippen molar-refractivity contribution in [1.82, 2.24) is 10.2 Å². The van der Waals surface area contributed by atoms with Crippen LogP contribution in [-0.4, -0.2) is 63.4 Å². The second-order valence-corrected chi connectivity index (χ2v) is 4.82. The molecule has 1 unspecified atom stereocenters. The Balaban J connectivity index is 2.70. The smallest absolute Gasteiger partial charge is 0.326 e. The molecule has 1 saturated heterocycles. The molecule has 1 heterocycles. The molecule has 0 aromatic carbocycles. The molecule has 0 aromatic rings. The lowest BCUT2D eigenvalue weighted by Crippen LogP contribution is -2.52. The molecule has 8 heteroatoms. The first-order valence-corrected chi connectivity index (χ1v) is 6.58. The Morgan fingerprint density at radius 2 is 1.90 bits per heavy atom. The average molecular weight is 288 g/mol. The van der Waals surface area contributed by atoms with Crippen LogP contribution in [0.15, 0.2) is 0 Å². The lowest BCUT2D eigenvalue weighted by molar-refractivity contribution is -0.145. The van der Waals surface area contributed by atoms with Crippen molar-refractivity contribution in [1.29, 1.82) is 0 Å². The summed E-state index contributed by atoms with van der Waals surface area (Å²) in [5.41, 5.74) is 0. The zero-order valence-electron chi connectivity index (χ0n) is 11.1. The van der Waals surface area contributed by atoms with Crippen molar-refractivity contribution in [2.75, 3.05) is 13.2 Å². The molecular formula is C12H20N2O6. The molecule has 0 aromatic heterocycles. The van der Waals surface area contributed by atoms with E-state index in [0.29, 0.717) is 13.0 Å². The third-order valence-corrected chi connectivity index (χ3v) is 3.32. The Labute approximate surface area is 116 Å². The highest BCUT2D eigenvalue weighted by Gasteiger charge is 2.29. The maximum Gasteiger partial charge on any atom is 0.326 e. The normalized spacial score (nSPS) is 20.9. The first-order valence-electron chi connectivity index (χ1n) is 6.58. The molecule has 0 aliphatic carbocycles. The highest BCUT2D eigenvalue weighted by molar-refractivity contribution is 5.86. The number of amides is 2. The van der Waals surface area contributed by atoms with E-state index in [9.17, 15) is 19.5 Å². The molecule has 0 saturated carbocycles. The Kier molecular flexibility index (Phi) is 6.23. The second-order valence-electron chi connectivity index (χ2n) is 4.82. The number of hydrogen-bond acceptors (Lipinski definition) is 4. The van der Waals surface area contributed by atoms with Crippen molar-refractivity contribution in [2.45, 2.75) is 44.2 Å². The van der Waals surface area contributed by atoms with E-state index in [1.165, 1.54) is 4.90 Å². The van der Waals surface area contributed by atoms with Crippen LogP contribution in [0, 0.1) is 0 Å². The largest absolute Gasteiger partial charge is 0.481 e. The maximum absolute atomic E-state index is 12.1. The number of likely N-dealkylation sites (tertiary alicyclic amines) is 1. The van der Waals surface area contributed by atoms with Gasteiger partial charge in [0.15, 0.2) is 0 Å². The van der Waals surface area contributed by atoms with Gasteiger partial charge in [-0.3, -0.25) is 4.79 Å². The van der Waals surface area contributed by atoms with Gasteiger partial charge in [0, 0.05) is 6.54 Å². The number of rotatable bonds is 5. The molecule has 2 atom stereocenters. The summed E-state index contributed by atoms with van der Waals surface area (Å²) in [6.45, 7) is 0.237. The van der Waals surface area contributed by atoms with Gasteiger partial charge in [0.25, 0.3) is 0 Å². The number of nitrogens with one attached hydrogen (secondary N) is 1. The van der Waals surface area contributed by atoms with Crippen LogP contribution in [-0.2, 0) is 9.59 Å². The number of carboxylic acids is 2. The standard InChI is InChI=1S/C12H20N2O6/c15-7-8-4-2-1-3-5-14(8)12(20)13-9(11(18)19)6-10(16)17/h8-9,15H,1-7H2,(H,13,20)(H,16,17)(H,18,19)/t8?,9-/m0/s1. The number of hydrogen-bond donors (Lipinski definition) is 4. The van der Waals surface area contributed by atoms with Crippen molar-refractivity contribution < 1.29 is 29.7 Å². The Hall–Kier alpha value is -1.83. The lowest BCUT2D eigenvalue weighted by atomic mass is 10.1. The molecule has 114 valence electrons. The molecule has 2 amide bonds. The zero-order chi connectivity index (χ0) is 15.1. The molecule has 0 radical (unpaired) electrons. The molecule has 1 aliphatic heterocycles. The van der Waals surface area contributed by atoms with Gasteiger partial charge in [-0.25, -0.2) is 9.59 Å². The minimum atomic E-state index is -1.47. The number of carbonyl (C=O) groups excluding carboxylic acids is 1. The lowest BCUT2D eigenvalue weighted by Gasteiger charge is -2.29. The summed E-state index contributed by atoms with van der Waals surface area (Å²) in [5, 5.41) is 29.0. The van der Waals surface area contributed by atoms with Gasteiger partial charge in [-0.2, -0.15) is 0 Å². The van der Waals surface area contributed by atoms with Gasteiger partial charge in [0.05, 0.1) is 19.1 Å². The minimum Gasteiger partial charge on any atom is -0.481 e. The van der Waals surface area contributed by atoms with Crippen LogP contribution in [0.2, 0.25) is 0 Å². The quantitative estimate of drug-likeness (QED) is 0.557. The number of carbonyl (C=O) groups is 3. The van der Waals surface area contributed by atoms with Crippen LogP contribution >= 0.6 is 0 Å². The predicted octanol–water partition coefficient (Wildman–Crippen LogP) is -0.139. The third-order valence-electron chi connectivity index (χ3n) is 3.32. The third kappa shape index (κ3) is 4.69. The van der Waals surface area contributed by atoms with E-state index in [1.807, 2.05) is 0 Å². The van der Waals surface area contributed by atoms with Crippen LogP contribution in [0.3, 0.4) is 0 Å². The molecular weight excluding hydrogens is 268 g/mol. The molecule has 1 rings (SSSR count). The molecule has 1 fully saturated rings. The van der Waals surface area contributed by atoms with Gasteiger partial charge < -0.3 is 25.5 Å². The monoisotopic (exact) mass is 288 g/mol. The van der Waals surface area contributed by atoms with E-state index in [1.54, 1.807) is 0 Å².